The first kappa shape index (κ1) is 33.2. The van der Waals surface area contributed by atoms with Gasteiger partial charge in [0.2, 0.25) is 11.9 Å². The monoisotopic (exact) mass is 653 g/mol. The van der Waals surface area contributed by atoms with Gasteiger partial charge in [-0.2, -0.15) is 10.1 Å². The number of hydrogen-bond donors (Lipinski definition) is 3. The molecule has 3 heterocycles. The van der Waals surface area contributed by atoms with Gasteiger partial charge in [0.05, 0.1) is 41.4 Å². The third-order valence-corrected chi connectivity index (χ3v) is 8.77. The molecule has 0 saturated carbocycles. The van der Waals surface area contributed by atoms with Gasteiger partial charge in [-0.3, -0.25) is 19.4 Å². The molecule has 0 spiro atoms. The number of aryl methyl sites for hydroxylation is 1. The highest BCUT2D eigenvalue weighted by Crippen LogP contribution is 2.39. The molecular formula is C33H40N11O2P. The first-order valence-electron chi connectivity index (χ1n) is 14.9. The van der Waals surface area contributed by atoms with E-state index >= 15 is 0 Å². The predicted octanol–water partition coefficient (Wildman–Crippen LogP) is 4.81. The van der Waals surface area contributed by atoms with E-state index in [1.165, 1.54) is 6.08 Å². The molecule has 0 aliphatic carbocycles. The molecule has 14 heteroatoms. The third kappa shape index (κ3) is 7.65. The Bertz CT molecular complexity index is 1910. The highest BCUT2D eigenvalue weighted by Gasteiger charge is 2.20. The Morgan fingerprint density at radius 1 is 1.02 bits per heavy atom. The van der Waals surface area contributed by atoms with Gasteiger partial charge in [-0.1, -0.05) is 14.5 Å². The summed E-state index contributed by atoms with van der Waals surface area (Å²) < 4.78 is 7.54. The summed E-state index contributed by atoms with van der Waals surface area (Å²) in [6.45, 7) is 9.55. The Hall–Kier alpha value is -5.13. The minimum atomic E-state index is -0.559. The number of methoxy groups -OCH3 is 1. The van der Waals surface area contributed by atoms with Crippen molar-refractivity contribution in [3.8, 4) is 16.9 Å². The first-order chi connectivity index (χ1) is 22.6. The van der Waals surface area contributed by atoms with Crippen LogP contribution in [-0.2, 0) is 11.8 Å². The second kappa shape index (κ2) is 14.5. The smallest absolute Gasteiger partial charge is 0.247 e. The zero-order valence-electron chi connectivity index (χ0n) is 27.7. The van der Waals surface area contributed by atoms with Gasteiger partial charge in [0.25, 0.3) is 0 Å². The molecule has 0 bridgehead atoms. The van der Waals surface area contributed by atoms with E-state index in [0.29, 0.717) is 28.9 Å². The number of anilines is 6. The number of amides is 1. The van der Waals surface area contributed by atoms with Crippen molar-refractivity contribution in [1.82, 2.24) is 34.6 Å². The second-order valence-corrected chi connectivity index (χ2v) is 13.6. The van der Waals surface area contributed by atoms with Crippen molar-refractivity contribution in [3.05, 3.63) is 67.9 Å². The summed E-state index contributed by atoms with van der Waals surface area (Å²) in [7, 11) is 8.91. The van der Waals surface area contributed by atoms with E-state index in [1.807, 2.05) is 58.7 Å². The van der Waals surface area contributed by atoms with Crippen molar-refractivity contribution >= 4 is 64.7 Å². The van der Waals surface area contributed by atoms with Crippen molar-refractivity contribution < 1.29 is 9.53 Å². The van der Waals surface area contributed by atoms with Gasteiger partial charge in [-0.25, -0.2) is 4.98 Å². The molecular weight excluding hydrogens is 613 g/mol. The maximum absolute atomic E-state index is 12.4. The molecule has 13 nitrogen and oxygen atoms in total. The van der Waals surface area contributed by atoms with E-state index in [9.17, 15) is 4.79 Å². The van der Waals surface area contributed by atoms with E-state index in [0.717, 1.165) is 51.9 Å². The fourth-order valence-corrected chi connectivity index (χ4v) is 6.25. The third-order valence-electron chi connectivity index (χ3n) is 7.42. The van der Waals surface area contributed by atoms with E-state index in [-0.39, 0.29) is 5.91 Å². The van der Waals surface area contributed by atoms with Crippen LogP contribution in [0.1, 0.15) is 0 Å². The minimum Gasteiger partial charge on any atom is -0.494 e. The lowest BCUT2D eigenvalue weighted by Gasteiger charge is -2.26. The molecule has 3 N–H and O–H groups in total. The van der Waals surface area contributed by atoms with Crippen LogP contribution in [-0.4, -0.2) is 95.2 Å². The number of ether oxygens (including phenoxy) is 1. The van der Waals surface area contributed by atoms with Crippen LogP contribution in [0, 0.1) is 0 Å². The Balaban J connectivity index is 1.58. The average molecular weight is 654 g/mol. The molecule has 0 aliphatic rings. The Morgan fingerprint density at radius 3 is 2.49 bits per heavy atom. The van der Waals surface area contributed by atoms with E-state index in [4.69, 9.17) is 9.72 Å². The van der Waals surface area contributed by atoms with E-state index in [2.05, 4.69) is 65.7 Å². The number of fused-ring (bicyclic) bond motifs is 1. The number of nitrogens with zero attached hydrogens (tertiary/aromatic N) is 8. The quantitative estimate of drug-likeness (QED) is 0.119. The zero-order valence-corrected chi connectivity index (χ0v) is 28.6. The van der Waals surface area contributed by atoms with Crippen molar-refractivity contribution in [2.24, 2.45) is 7.05 Å². The maximum atomic E-state index is 12.4. The van der Waals surface area contributed by atoms with Gasteiger partial charge in [0.15, 0.2) is 0 Å². The molecule has 3 aromatic heterocycles. The number of aromatic nitrogens is 6. The largest absolute Gasteiger partial charge is 0.494 e. The van der Waals surface area contributed by atoms with E-state index in [1.54, 1.807) is 36.6 Å². The van der Waals surface area contributed by atoms with Gasteiger partial charge in [-0.15, -0.1) is 0 Å². The SMILES string of the molecule is C=CC(=O)Nc1cc(Nc2ncc(-c3cnn(C)c3)c(Nc3ccc4nccnc4c3P(C)C)n2)c(OC)cc1N(C)CCN(C)C. The number of rotatable bonds is 13. The van der Waals surface area contributed by atoms with Gasteiger partial charge in [-0.05, 0) is 51.7 Å². The summed E-state index contributed by atoms with van der Waals surface area (Å²) in [5, 5.41) is 15.3. The molecule has 2 aromatic carbocycles. The van der Waals surface area contributed by atoms with E-state index < -0.39 is 7.92 Å². The lowest BCUT2D eigenvalue weighted by atomic mass is 10.1. The second-order valence-electron chi connectivity index (χ2n) is 11.4. The summed E-state index contributed by atoms with van der Waals surface area (Å²) in [6.07, 6.45) is 10.1. The number of nitrogens with one attached hydrogen (secondary N) is 3. The molecule has 5 rings (SSSR count). The standard InChI is InChI=1S/C33H40N11O2P/c1-9-29(45)38-25-16-26(28(46-6)17-27(25)43(4)15-14-42(2)3)40-33-36-19-22(21-18-37-44(5)20-21)32(41-33)39-24-11-10-23-30(31(24)47(7)8)35-13-12-34-23/h9-13,16-20H,1,14-15H2,2-8H3,(H,38,45)(H2,36,39,40,41). The topological polar surface area (TPSA) is 138 Å². The molecule has 244 valence electrons. The van der Waals surface area contributed by atoms with Gasteiger partial charge in [0, 0.05) is 80.2 Å². The summed E-state index contributed by atoms with van der Waals surface area (Å²) in [4.78, 5) is 35.4. The first-order valence-corrected chi connectivity index (χ1v) is 17.1. The molecule has 0 atom stereocenters. The van der Waals surface area contributed by atoms with Crippen molar-refractivity contribution in [2.45, 2.75) is 0 Å². The molecule has 0 saturated heterocycles. The number of hydrogen-bond acceptors (Lipinski definition) is 11. The Morgan fingerprint density at radius 2 is 1.81 bits per heavy atom. The number of benzene rings is 2. The number of carbonyl (C=O) groups is 1. The number of likely N-dealkylation sites (N-methyl/N-ethyl adjacent to an activating group) is 2. The summed E-state index contributed by atoms with van der Waals surface area (Å²) >= 11 is 0. The van der Waals surface area contributed by atoms with Crippen molar-refractivity contribution in [3.63, 3.8) is 0 Å². The maximum Gasteiger partial charge on any atom is 0.247 e. The average Bonchev–Trinajstić information content (AvgIpc) is 3.49. The van der Waals surface area contributed by atoms with Gasteiger partial charge >= 0.3 is 0 Å². The lowest BCUT2D eigenvalue weighted by molar-refractivity contribution is -0.111. The fraction of sp³-hybridized carbons (Fsp3) is 0.273. The van der Waals surface area contributed by atoms with Crippen LogP contribution in [0.5, 0.6) is 5.75 Å². The highest BCUT2D eigenvalue weighted by atomic mass is 31.1. The van der Waals surface area contributed by atoms with Crippen LogP contribution in [0.2, 0.25) is 0 Å². The van der Waals surface area contributed by atoms with Crippen molar-refractivity contribution in [1.29, 1.82) is 0 Å². The number of carbonyl (C=O) groups excluding carboxylic acids is 1. The van der Waals surface area contributed by atoms with Crippen LogP contribution >= 0.6 is 7.92 Å². The Labute approximate surface area is 275 Å². The molecule has 47 heavy (non-hydrogen) atoms. The van der Waals surface area contributed by atoms with Gasteiger partial charge in [0.1, 0.15) is 11.6 Å². The summed E-state index contributed by atoms with van der Waals surface area (Å²) in [5.74, 6) is 1.14. The Kier molecular flexibility index (Phi) is 10.3. The summed E-state index contributed by atoms with van der Waals surface area (Å²) in [5.41, 5.74) is 6.17. The lowest BCUT2D eigenvalue weighted by Crippen LogP contribution is -2.29. The fourth-order valence-electron chi connectivity index (χ4n) is 5.04. The predicted molar refractivity (Wildman–Crippen MR) is 192 cm³/mol. The minimum absolute atomic E-state index is 0.324. The molecule has 0 aliphatic heterocycles. The molecule has 1 amide bonds. The molecule has 0 radical (unpaired) electrons. The zero-order chi connectivity index (χ0) is 33.7. The summed E-state index contributed by atoms with van der Waals surface area (Å²) in [6, 6.07) is 7.67. The van der Waals surface area contributed by atoms with Crippen LogP contribution in [0.25, 0.3) is 22.2 Å². The molecule has 5 aromatic rings. The van der Waals surface area contributed by atoms with Gasteiger partial charge < -0.3 is 30.5 Å². The normalized spacial score (nSPS) is 11.2. The van der Waals surface area contributed by atoms with Crippen LogP contribution in [0.15, 0.2) is 67.9 Å². The molecule has 0 fully saturated rings. The van der Waals surface area contributed by atoms with Crippen LogP contribution in [0.4, 0.5) is 34.5 Å². The van der Waals surface area contributed by atoms with Crippen LogP contribution in [0.3, 0.4) is 0 Å². The van der Waals surface area contributed by atoms with Crippen LogP contribution < -0.4 is 30.9 Å². The van der Waals surface area contributed by atoms with Crippen molar-refractivity contribution in [2.75, 3.05) is 75.5 Å². The molecule has 0 unspecified atom stereocenters. The highest BCUT2D eigenvalue weighted by molar-refractivity contribution is 7.65.